The molecule has 0 saturated heterocycles. The van der Waals surface area contributed by atoms with Gasteiger partial charge < -0.3 is 10.1 Å². The van der Waals surface area contributed by atoms with Gasteiger partial charge >= 0.3 is 0 Å². The molecule has 5 heteroatoms. The van der Waals surface area contributed by atoms with Crippen molar-refractivity contribution in [3.8, 4) is 5.75 Å². The Morgan fingerprint density at radius 1 is 1.14 bits per heavy atom. The van der Waals surface area contributed by atoms with Crippen LogP contribution in [0.4, 0.5) is 0 Å². The first-order chi connectivity index (χ1) is 10.1. The average molecular weight is 324 g/mol. The number of rotatable bonds is 5. The van der Waals surface area contributed by atoms with Crippen molar-refractivity contribution < 1.29 is 9.53 Å². The van der Waals surface area contributed by atoms with Crippen LogP contribution in [0, 0.1) is 6.92 Å². The van der Waals surface area contributed by atoms with Crippen LogP contribution in [0.5, 0.6) is 5.75 Å². The zero-order chi connectivity index (χ0) is 15.2. The lowest BCUT2D eigenvalue weighted by atomic mass is 10.2. The molecule has 0 atom stereocenters. The largest absolute Gasteiger partial charge is 0.492 e. The van der Waals surface area contributed by atoms with Crippen LogP contribution in [0.1, 0.15) is 15.9 Å². The van der Waals surface area contributed by atoms with Crippen molar-refractivity contribution >= 4 is 29.1 Å². The van der Waals surface area contributed by atoms with Gasteiger partial charge in [0.15, 0.2) is 0 Å². The van der Waals surface area contributed by atoms with E-state index in [1.807, 2.05) is 13.0 Å². The lowest BCUT2D eigenvalue weighted by Gasteiger charge is -2.09. The van der Waals surface area contributed by atoms with Crippen LogP contribution in [0.25, 0.3) is 0 Å². The van der Waals surface area contributed by atoms with E-state index in [2.05, 4.69) is 5.32 Å². The van der Waals surface area contributed by atoms with Gasteiger partial charge in [0.1, 0.15) is 12.4 Å². The highest BCUT2D eigenvalue weighted by Gasteiger charge is 2.04. The van der Waals surface area contributed by atoms with Crippen molar-refractivity contribution in [1.29, 1.82) is 0 Å². The maximum absolute atomic E-state index is 11.8. The van der Waals surface area contributed by atoms with Crippen molar-refractivity contribution in [1.82, 2.24) is 5.32 Å². The third-order valence-corrected chi connectivity index (χ3v) is 3.57. The van der Waals surface area contributed by atoms with Gasteiger partial charge in [-0.15, -0.1) is 0 Å². The molecule has 0 aliphatic carbocycles. The van der Waals surface area contributed by atoms with E-state index >= 15 is 0 Å². The second kappa shape index (κ2) is 7.34. The van der Waals surface area contributed by atoms with Crippen molar-refractivity contribution in [2.75, 3.05) is 13.2 Å². The molecule has 0 aliphatic heterocycles. The Labute approximate surface area is 133 Å². The summed E-state index contributed by atoms with van der Waals surface area (Å²) in [6, 6.07) is 12.2. The summed E-state index contributed by atoms with van der Waals surface area (Å²) in [6.45, 7) is 2.72. The SMILES string of the molecule is Cc1cc(OCCNC(=O)c2ccc(Cl)cc2)ccc1Cl. The predicted molar refractivity (Wildman–Crippen MR) is 85.5 cm³/mol. The Morgan fingerprint density at radius 3 is 2.52 bits per heavy atom. The quantitative estimate of drug-likeness (QED) is 0.841. The van der Waals surface area contributed by atoms with Crippen LogP contribution in [0.2, 0.25) is 10.0 Å². The Morgan fingerprint density at radius 2 is 1.86 bits per heavy atom. The van der Waals surface area contributed by atoms with Crippen molar-refractivity contribution in [2.24, 2.45) is 0 Å². The first-order valence-corrected chi connectivity index (χ1v) is 7.24. The Bertz CT molecular complexity index is 627. The molecule has 0 spiro atoms. The number of carbonyl (C=O) groups is 1. The number of nitrogens with one attached hydrogen (secondary N) is 1. The molecule has 0 heterocycles. The zero-order valence-electron chi connectivity index (χ0n) is 11.5. The van der Waals surface area contributed by atoms with Gasteiger partial charge in [-0.1, -0.05) is 23.2 Å². The molecule has 1 N–H and O–H groups in total. The van der Waals surface area contributed by atoms with Gasteiger partial charge in [0.05, 0.1) is 6.54 Å². The van der Waals surface area contributed by atoms with Gasteiger partial charge in [-0.2, -0.15) is 0 Å². The number of halogens is 2. The minimum atomic E-state index is -0.150. The molecule has 0 fully saturated rings. The van der Waals surface area contributed by atoms with Gasteiger partial charge in [-0.25, -0.2) is 0 Å². The maximum atomic E-state index is 11.8. The van der Waals surface area contributed by atoms with E-state index in [0.29, 0.717) is 28.8 Å². The van der Waals surface area contributed by atoms with E-state index < -0.39 is 0 Å². The lowest BCUT2D eigenvalue weighted by molar-refractivity contribution is 0.0947. The fraction of sp³-hybridized carbons (Fsp3) is 0.188. The molecule has 0 saturated carbocycles. The van der Waals surface area contributed by atoms with Gasteiger partial charge in [0, 0.05) is 15.6 Å². The molecule has 0 radical (unpaired) electrons. The predicted octanol–water partition coefficient (Wildman–Crippen LogP) is 4.11. The summed E-state index contributed by atoms with van der Waals surface area (Å²) in [4.78, 5) is 11.8. The van der Waals surface area contributed by atoms with Crippen molar-refractivity contribution in [2.45, 2.75) is 6.92 Å². The number of hydrogen-bond donors (Lipinski definition) is 1. The monoisotopic (exact) mass is 323 g/mol. The van der Waals surface area contributed by atoms with Gasteiger partial charge in [0.25, 0.3) is 5.91 Å². The van der Waals surface area contributed by atoms with Crippen LogP contribution < -0.4 is 10.1 Å². The lowest BCUT2D eigenvalue weighted by Crippen LogP contribution is -2.28. The van der Waals surface area contributed by atoms with Gasteiger partial charge in [-0.05, 0) is 55.0 Å². The summed E-state index contributed by atoms with van der Waals surface area (Å²) < 4.78 is 5.55. The smallest absolute Gasteiger partial charge is 0.251 e. The number of ether oxygens (including phenoxy) is 1. The zero-order valence-corrected chi connectivity index (χ0v) is 13.0. The standard InChI is InChI=1S/C16H15Cl2NO2/c1-11-10-14(6-7-15(11)18)21-9-8-19-16(20)12-2-4-13(17)5-3-12/h2-7,10H,8-9H2,1H3,(H,19,20). The summed E-state index contributed by atoms with van der Waals surface area (Å²) in [6.07, 6.45) is 0. The van der Waals surface area contributed by atoms with E-state index in [-0.39, 0.29) is 5.91 Å². The second-order valence-electron chi connectivity index (χ2n) is 4.52. The van der Waals surface area contributed by atoms with E-state index in [9.17, 15) is 4.79 Å². The maximum Gasteiger partial charge on any atom is 0.251 e. The first kappa shape index (κ1) is 15.7. The summed E-state index contributed by atoms with van der Waals surface area (Å²) in [5, 5.41) is 4.09. The van der Waals surface area contributed by atoms with Crippen LogP contribution >= 0.6 is 23.2 Å². The van der Waals surface area contributed by atoms with E-state index in [4.69, 9.17) is 27.9 Å². The fourth-order valence-corrected chi connectivity index (χ4v) is 1.99. The molecule has 2 aromatic carbocycles. The molecular formula is C16H15Cl2NO2. The summed E-state index contributed by atoms with van der Waals surface area (Å²) in [5.74, 6) is 0.584. The van der Waals surface area contributed by atoms with Gasteiger partial charge in [0.2, 0.25) is 0 Å². The molecule has 0 unspecified atom stereocenters. The molecule has 3 nitrogen and oxygen atoms in total. The Kier molecular flexibility index (Phi) is 5.48. The van der Waals surface area contributed by atoms with Crippen LogP contribution in [-0.2, 0) is 0 Å². The van der Waals surface area contributed by atoms with Crippen molar-refractivity contribution in [3.05, 3.63) is 63.6 Å². The molecule has 1 amide bonds. The summed E-state index contributed by atoms with van der Waals surface area (Å²) >= 11 is 11.7. The average Bonchev–Trinajstić information content (AvgIpc) is 2.47. The molecule has 110 valence electrons. The summed E-state index contributed by atoms with van der Waals surface area (Å²) in [5.41, 5.74) is 1.53. The van der Waals surface area contributed by atoms with E-state index in [0.717, 1.165) is 11.3 Å². The van der Waals surface area contributed by atoms with Crippen LogP contribution in [-0.4, -0.2) is 19.1 Å². The Hall–Kier alpha value is -1.71. The molecule has 21 heavy (non-hydrogen) atoms. The highest BCUT2D eigenvalue weighted by molar-refractivity contribution is 6.31. The number of aryl methyl sites for hydroxylation is 1. The molecule has 0 aromatic heterocycles. The number of amides is 1. The molecule has 2 rings (SSSR count). The Balaban J connectivity index is 1.77. The highest BCUT2D eigenvalue weighted by Crippen LogP contribution is 2.20. The van der Waals surface area contributed by atoms with Crippen molar-refractivity contribution in [3.63, 3.8) is 0 Å². The summed E-state index contributed by atoms with van der Waals surface area (Å²) in [7, 11) is 0. The second-order valence-corrected chi connectivity index (χ2v) is 5.37. The fourth-order valence-electron chi connectivity index (χ4n) is 1.74. The molecule has 2 aromatic rings. The third kappa shape index (κ3) is 4.66. The number of hydrogen-bond acceptors (Lipinski definition) is 2. The molecule has 0 bridgehead atoms. The minimum Gasteiger partial charge on any atom is -0.492 e. The number of benzene rings is 2. The highest BCUT2D eigenvalue weighted by atomic mass is 35.5. The van der Waals surface area contributed by atoms with Gasteiger partial charge in [-0.3, -0.25) is 4.79 Å². The topological polar surface area (TPSA) is 38.3 Å². The molecule has 0 aliphatic rings. The van der Waals surface area contributed by atoms with Crippen LogP contribution in [0.15, 0.2) is 42.5 Å². The normalized spacial score (nSPS) is 10.2. The van der Waals surface area contributed by atoms with E-state index in [1.165, 1.54) is 0 Å². The number of carbonyl (C=O) groups excluding carboxylic acids is 1. The van der Waals surface area contributed by atoms with E-state index in [1.54, 1.807) is 36.4 Å². The third-order valence-electron chi connectivity index (χ3n) is 2.89. The first-order valence-electron chi connectivity index (χ1n) is 6.49. The molecular weight excluding hydrogens is 309 g/mol. The minimum absolute atomic E-state index is 0.150. The van der Waals surface area contributed by atoms with Crippen LogP contribution in [0.3, 0.4) is 0 Å².